The van der Waals surface area contributed by atoms with Gasteiger partial charge in [0.1, 0.15) is 17.1 Å². The molecule has 0 amide bonds. The van der Waals surface area contributed by atoms with E-state index < -0.39 is 11.4 Å². The molecule has 5 rings (SSSR count). The summed E-state index contributed by atoms with van der Waals surface area (Å²) < 4.78 is 22.6. The minimum atomic E-state index is -1.24. The van der Waals surface area contributed by atoms with Crippen molar-refractivity contribution in [3.05, 3.63) is 75.3 Å². The highest BCUT2D eigenvalue weighted by Gasteiger charge is 2.37. The van der Waals surface area contributed by atoms with Gasteiger partial charge in [-0.2, -0.15) is 0 Å². The van der Waals surface area contributed by atoms with Crippen molar-refractivity contribution in [1.29, 1.82) is 0 Å². The number of halogens is 1. The predicted molar refractivity (Wildman–Crippen MR) is 120 cm³/mol. The molecule has 5 nitrogen and oxygen atoms in total. The van der Waals surface area contributed by atoms with Crippen LogP contribution in [0.15, 0.2) is 47.4 Å². The quantitative estimate of drug-likeness (QED) is 0.611. The molecule has 3 aromatic rings. The standard InChI is InChI=1S/C26H24FNO4/c1-26(2,3)23-11-16-15-8-9-32-24(15)18(14-6-4-5-7-20(14)27)10-17(16)21-12-22(29)19(25(30)31)13-28(21)23/h4-7,10,12-13,23H,8-9,11H2,1-3H3,(H,30,31)/t23-/m0/s1. The van der Waals surface area contributed by atoms with Crippen molar-refractivity contribution in [1.82, 2.24) is 4.57 Å². The van der Waals surface area contributed by atoms with Crippen LogP contribution in [-0.2, 0) is 12.8 Å². The maximum Gasteiger partial charge on any atom is 0.341 e. The van der Waals surface area contributed by atoms with E-state index in [4.69, 9.17) is 4.74 Å². The van der Waals surface area contributed by atoms with Crippen molar-refractivity contribution < 1.29 is 19.0 Å². The van der Waals surface area contributed by atoms with Gasteiger partial charge in [0.2, 0.25) is 0 Å². The average molecular weight is 433 g/mol. The number of aromatic nitrogens is 1. The van der Waals surface area contributed by atoms with Crippen LogP contribution in [0.5, 0.6) is 5.75 Å². The molecule has 0 spiro atoms. The van der Waals surface area contributed by atoms with Gasteiger partial charge in [0.15, 0.2) is 5.43 Å². The molecular formula is C26H24FNO4. The summed E-state index contributed by atoms with van der Waals surface area (Å²) in [5.41, 5.74) is 3.78. The van der Waals surface area contributed by atoms with Gasteiger partial charge >= 0.3 is 5.97 Å². The van der Waals surface area contributed by atoms with Crippen LogP contribution in [0.25, 0.3) is 22.4 Å². The zero-order chi connectivity index (χ0) is 22.8. The summed E-state index contributed by atoms with van der Waals surface area (Å²) in [5.74, 6) is -0.871. The second-order valence-corrected chi connectivity index (χ2v) is 9.57. The first-order valence-corrected chi connectivity index (χ1v) is 10.7. The number of benzene rings is 2. The van der Waals surface area contributed by atoms with Crippen LogP contribution in [0.4, 0.5) is 4.39 Å². The minimum Gasteiger partial charge on any atom is -0.492 e. The van der Waals surface area contributed by atoms with Gasteiger partial charge in [0.05, 0.1) is 12.3 Å². The van der Waals surface area contributed by atoms with E-state index in [0.717, 1.165) is 16.7 Å². The molecule has 164 valence electrons. The fourth-order valence-corrected chi connectivity index (χ4v) is 4.98. The van der Waals surface area contributed by atoms with Crippen molar-refractivity contribution in [2.24, 2.45) is 5.41 Å². The fraction of sp³-hybridized carbons (Fsp3) is 0.308. The van der Waals surface area contributed by atoms with E-state index in [2.05, 4.69) is 20.8 Å². The molecule has 0 saturated heterocycles. The topological polar surface area (TPSA) is 68.5 Å². The Labute approximate surface area is 185 Å². The molecule has 0 bridgehead atoms. The van der Waals surface area contributed by atoms with Crippen LogP contribution >= 0.6 is 0 Å². The first-order valence-electron chi connectivity index (χ1n) is 10.7. The molecule has 0 radical (unpaired) electrons. The number of carbonyl (C=O) groups is 1. The summed E-state index contributed by atoms with van der Waals surface area (Å²) in [4.78, 5) is 24.3. The van der Waals surface area contributed by atoms with Crippen LogP contribution in [0.3, 0.4) is 0 Å². The molecular weight excluding hydrogens is 409 g/mol. The van der Waals surface area contributed by atoms with Gasteiger partial charge in [-0.1, -0.05) is 39.0 Å². The van der Waals surface area contributed by atoms with E-state index in [0.29, 0.717) is 42.0 Å². The lowest BCUT2D eigenvalue weighted by molar-refractivity contribution is 0.0693. The highest BCUT2D eigenvalue weighted by atomic mass is 19.1. The maximum atomic E-state index is 14.7. The molecule has 2 aliphatic heterocycles. The van der Waals surface area contributed by atoms with E-state index >= 15 is 0 Å². The number of aromatic carboxylic acids is 1. The van der Waals surface area contributed by atoms with Crippen molar-refractivity contribution in [2.45, 2.75) is 39.7 Å². The number of carboxylic acid groups (broad SMARTS) is 1. The molecule has 3 heterocycles. The Morgan fingerprint density at radius 1 is 1.12 bits per heavy atom. The number of carboxylic acids is 1. The van der Waals surface area contributed by atoms with Crippen LogP contribution in [-0.4, -0.2) is 22.2 Å². The normalized spacial score (nSPS) is 16.7. The Balaban J connectivity index is 1.85. The molecule has 1 N–H and O–H groups in total. The smallest absolute Gasteiger partial charge is 0.341 e. The van der Waals surface area contributed by atoms with Gasteiger partial charge in [0.25, 0.3) is 0 Å². The van der Waals surface area contributed by atoms with E-state index in [1.807, 2.05) is 10.6 Å². The van der Waals surface area contributed by atoms with Crippen molar-refractivity contribution >= 4 is 5.97 Å². The summed E-state index contributed by atoms with van der Waals surface area (Å²) in [5, 5.41) is 9.53. The number of fused-ring (bicyclic) bond motifs is 5. The number of hydrogen-bond donors (Lipinski definition) is 1. The molecule has 6 heteroatoms. The minimum absolute atomic E-state index is 0.0484. The molecule has 32 heavy (non-hydrogen) atoms. The zero-order valence-electron chi connectivity index (χ0n) is 18.2. The lowest BCUT2D eigenvalue weighted by Gasteiger charge is -2.39. The number of pyridine rings is 1. The molecule has 1 aromatic heterocycles. The molecule has 1 atom stereocenters. The summed E-state index contributed by atoms with van der Waals surface area (Å²) in [6.45, 7) is 6.85. The van der Waals surface area contributed by atoms with Crippen LogP contribution in [0.1, 0.15) is 48.3 Å². The molecule has 0 fully saturated rings. The SMILES string of the molecule is CC(C)(C)[C@@H]1Cc2c(cc(-c3ccccc3F)c3c2CCO3)-c2cc(=O)c(C(=O)O)cn21. The Kier molecular flexibility index (Phi) is 4.52. The number of ether oxygens (including phenoxy) is 1. The summed E-state index contributed by atoms with van der Waals surface area (Å²) in [6.07, 6.45) is 2.86. The molecule has 2 aliphatic rings. The second-order valence-electron chi connectivity index (χ2n) is 9.57. The van der Waals surface area contributed by atoms with Crippen molar-refractivity contribution in [2.75, 3.05) is 6.61 Å². The van der Waals surface area contributed by atoms with Gasteiger partial charge in [0, 0.05) is 47.0 Å². The largest absolute Gasteiger partial charge is 0.492 e. The molecule has 2 aromatic carbocycles. The van der Waals surface area contributed by atoms with Gasteiger partial charge in [-0.05, 0) is 29.5 Å². The lowest BCUT2D eigenvalue weighted by atomic mass is 9.76. The van der Waals surface area contributed by atoms with Crippen LogP contribution in [0, 0.1) is 11.2 Å². The predicted octanol–water partition coefficient (Wildman–Crippen LogP) is 5.10. The van der Waals surface area contributed by atoms with E-state index in [9.17, 15) is 19.1 Å². The Morgan fingerprint density at radius 3 is 2.56 bits per heavy atom. The third kappa shape index (κ3) is 3.05. The number of nitrogens with zero attached hydrogens (tertiary/aromatic N) is 1. The summed E-state index contributed by atoms with van der Waals surface area (Å²) in [7, 11) is 0. The van der Waals surface area contributed by atoms with Crippen LogP contribution < -0.4 is 10.2 Å². The lowest BCUT2D eigenvalue weighted by Crippen LogP contribution is -2.33. The Hall–Kier alpha value is -3.41. The van der Waals surface area contributed by atoms with Gasteiger partial charge in [-0.15, -0.1) is 0 Å². The molecule has 0 unspecified atom stereocenters. The van der Waals surface area contributed by atoms with E-state index in [1.165, 1.54) is 18.3 Å². The average Bonchev–Trinajstić information content (AvgIpc) is 3.22. The van der Waals surface area contributed by atoms with Crippen molar-refractivity contribution in [3.8, 4) is 28.1 Å². The third-order valence-electron chi connectivity index (χ3n) is 6.58. The maximum absolute atomic E-state index is 14.7. The Morgan fingerprint density at radius 2 is 1.88 bits per heavy atom. The van der Waals surface area contributed by atoms with E-state index in [-0.39, 0.29) is 22.8 Å². The molecule has 0 aliphatic carbocycles. The third-order valence-corrected chi connectivity index (χ3v) is 6.58. The zero-order valence-corrected chi connectivity index (χ0v) is 18.2. The monoisotopic (exact) mass is 433 g/mol. The second kappa shape index (κ2) is 7.05. The highest BCUT2D eigenvalue weighted by molar-refractivity contribution is 5.88. The first-order chi connectivity index (χ1) is 15.2. The van der Waals surface area contributed by atoms with Crippen LogP contribution in [0.2, 0.25) is 0 Å². The number of rotatable bonds is 2. The van der Waals surface area contributed by atoms with Crippen molar-refractivity contribution in [3.63, 3.8) is 0 Å². The summed E-state index contributed by atoms with van der Waals surface area (Å²) in [6, 6.07) is 9.83. The van der Waals surface area contributed by atoms with E-state index in [1.54, 1.807) is 18.2 Å². The first kappa shape index (κ1) is 20.5. The van der Waals surface area contributed by atoms with Gasteiger partial charge in [-0.3, -0.25) is 4.79 Å². The Bertz CT molecular complexity index is 1330. The van der Waals surface area contributed by atoms with Gasteiger partial charge in [-0.25, -0.2) is 9.18 Å². The fourth-order valence-electron chi connectivity index (χ4n) is 4.98. The molecule has 0 saturated carbocycles. The summed E-state index contributed by atoms with van der Waals surface area (Å²) >= 11 is 0. The highest BCUT2D eigenvalue weighted by Crippen LogP contribution is 2.49. The van der Waals surface area contributed by atoms with Gasteiger partial charge < -0.3 is 14.4 Å². The number of hydrogen-bond acceptors (Lipinski definition) is 3.